The molecule has 0 aliphatic carbocycles. The molecule has 1 aliphatic heterocycles. The van der Waals surface area contributed by atoms with Crippen LogP contribution in [0.25, 0.3) is 6.08 Å². The number of pyridine rings is 1. The summed E-state index contributed by atoms with van der Waals surface area (Å²) in [6.45, 7) is 3.25. The molecule has 186 valence electrons. The maximum atomic E-state index is 13.1. The number of alkyl halides is 3. The van der Waals surface area contributed by atoms with Gasteiger partial charge in [0.25, 0.3) is 5.91 Å². The van der Waals surface area contributed by atoms with E-state index in [1.807, 2.05) is 0 Å². The van der Waals surface area contributed by atoms with Crippen LogP contribution in [-0.4, -0.2) is 29.8 Å². The predicted molar refractivity (Wildman–Crippen MR) is 134 cm³/mol. The first kappa shape index (κ1) is 25.2. The topological polar surface area (TPSA) is 75.6 Å². The van der Waals surface area contributed by atoms with Gasteiger partial charge in [0.1, 0.15) is 23.0 Å². The SMILES string of the molecule is CC/C(=C\c1cccc(Oc2ccnc(C3=NCCN3)c2)c1)C(=O)Nc1ccc(Cl)c(C(F)(F)F)c1. The summed E-state index contributed by atoms with van der Waals surface area (Å²) in [6.07, 6.45) is -0.965. The van der Waals surface area contributed by atoms with Gasteiger partial charge in [0.05, 0.1) is 17.1 Å². The summed E-state index contributed by atoms with van der Waals surface area (Å²) in [5, 5.41) is 5.25. The molecular weight excluding hydrogens is 493 g/mol. The molecule has 0 fully saturated rings. The molecular formula is C26H22ClF3N4O2. The van der Waals surface area contributed by atoms with Gasteiger partial charge in [0, 0.05) is 30.1 Å². The molecule has 10 heteroatoms. The Morgan fingerprint density at radius 3 is 2.69 bits per heavy atom. The third-order valence-electron chi connectivity index (χ3n) is 5.29. The van der Waals surface area contributed by atoms with Crippen LogP contribution >= 0.6 is 11.6 Å². The highest BCUT2D eigenvalue weighted by Gasteiger charge is 2.33. The third kappa shape index (κ3) is 6.23. The summed E-state index contributed by atoms with van der Waals surface area (Å²) >= 11 is 5.66. The lowest BCUT2D eigenvalue weighted by Gasteiger charge is -2.13. The number of nitrogens with zero attached hydrogens (tertiary/aromatic N) is 2. The quantitative estimate of drug-likeness (QED) is 0.361. The van der Waals surface area contributed by atoms with E-state index in [-0.39, 0.29) is 5.69 Å². The standard InChI is InChI=1S/C26H22ClF3N4O2/c1-2-17(25(35)34-18-6-7-22(27)21(14-18)26(28,29)30)12-16-4-3-5-19(13-16)36-20-8-9-31-23(15-20)24-32-10-11-33-24/h3-9,12-15H,2,10-11H2,1H3,(H,32,33)(H,34,35)/b17-12+. The van der Waals surface area contributed by atoms with E-state index in [0.717, 1.165) is 24.5 Å². The number of hydrogen-bond acceptors (Lipinski definition) is 5. The minimum Gasteiger partial charge on any atom is -0.457 e. The van der Waals surface area contributed by atoms with Gasteiger partial charge in [-0.25, -0.2) is 0 Å². The number of nitrogens with one attached hydrogen (secondary N) is 2. The number of halogens is 4. The van der Waals surface area contributed by atoms with E-state index in [2.05, 4.69) is 20.6 Å². The number of ether oxygens (including phenoxy) is 1. The Balaban J connectivity index is 1.50. The summed E-state index contributed by atoms with van der Waals surface area (Å²) in [7, 11) is 0. The molecule has 0 saturated heterocycles. The molecule has 3 aromatic rings. The predicted octanol–water partition coefficient (Wildman–Crippen LogP) is 6.33. The van der Waals surface area contributed by atoms with Crippen molar-refractivity contribution in [3.63, 3.8) is 0 Å². The molecule has 0 bridgehead atoms. The van der Waals surface area contributed by atoms with Crippen molar-refractivity contribution in [3.8, 4) is 11.5 Å². The van der Waals surface area contributed by atoms with Gasteiger partial charge < -0.3 is 15.4 Å². The van der Waals surface area contributed by atoms with Gasteiger partial charge in [-0.05, 0) is 54.5 Å². The highest BCUT2D eigenvalue weighted by Crippen LogP contribution is 2.36. The van der Waals surface area contributed by atoms with E-state index in [1.54, 1.807) is 55.6 Å². The Kier molecular flexibility index (Phi) is 7.59. The second-order valence-corrected chi connectivity index (χ2v) is 8.29. The van der Waals surface area contributed by atoms with Crippen molar-refractivity contribution in [2.75, 3.05) is 18.4 Å². The molecule has 1 aromatic heterocycles. The van der Waals surface area contributed by atoms with Gasteiger partial charge >= 0.3 is 6.18 Å². The molecule has 0 atom stereocenters. The van der Waals surface area contributed by atoms with E-state index in [9.17, 15) is 18.0 Å². The molecule has 0 unspecified atom stereocenters. The van der Waals surface area contributed by atoms with Crippen molar-refractivity contribution in [3.05, 3.63) is 88.2 Å². The van der Waals surface area contributed by atoms with Crippen molar-refractivity contribution in [2.45, 2.75) is 19.5 Å². The van der Waals surface area contributed by atoms with Gasteiger partial charge in [0.15, 0.2) is 0 Å². The summed E-state index contributed by atoms with van der Waals surface area (Å²) in [5.74, 6) is 1.33. The molecule has 6 nitrogen and oxygen atoms in total. The molecule has 0 saturated carbocycles. The lowest BCUT2D eigenvalue weighted by molar-refractivity contribution is -0.137. The lowest BCUT2D eigenvalue weighted by Crippen LogP contribution is -2.20. The first-order chi connectivity index (χ1) is 17.2. The smallest absolute Gasteiger partial charge is 0.417 e. The number of benzene rings is 2. The number of carbonyl (C=O) groups excluding carboxylic acids is 1. The molecule has 1 amide bonds. The fraction of sp³-hybridized carbons (Fsp3) is 0.192. The normalized spacial score (nSPS) is 13.7. The van der Waals surface area contributed by atoms with Crippen LogP contribution in [0.3, 0.4) is 0 Å². The average molecular weight is 515 g/mol. The van der Waals surface area contributed by atoms with Crippen LogP contribution in [0.1, 0.15) is 30.2 Å². The maximum Gasteiger partial charge on any atom is 0.417 e. The fourth-order valence-electron chi connectivity index (χ4n) is 3.54. The minimum absolute atomic E-state index is 0.00278. The zero-order valence-electron chi connectivity index (χ0n) is 19.2. The number of rotatable bonds is 7. The molecule has 2 aromatic carbocycles. The fourth-order valence-corrected chi connectivity index (χ4v) is 3.76. The van der Waals surface area contributed by atoms with Crippen LogP contribution in [0.2, 0.25) is 5.02 Å². The summed E-state index contributed by atoms with van der Waals surface area (Å²) in [6, 6.07) is 13.9. The number of amidine groups is 1. The van der Waals surface area contributed by atoms with Crippen molar-refractivity contribution < 1.29 is 22.7 Å². The Morgan fingerprint density at radius 1 is 1.17 bits per heavy atom. The molecule has 0 radical (unpaired) electrons. The highest BCUT2D eigenvalue weighted by molar-refractivity contribution is 6.31. The number of anilines is 1. The number of amides is 1. The van der Waals surface area contributed by atoms with E-state index in [0.29, 0.717) is 41.3 Å². The maximum absolute atomic E-state index is 13.1. The monoisotopic (exact) mass is 514 g/mol. The van der Waals surface area contributed by atoms with Gasteiger partial charge in [-0.15, -0.1) is 0 Å². The van der Waals surface area contributed by atoms with E-state index in [4.69, 9.17) is 16.3 Å². The lowest BCUT2D eigenvalue weighted by atomic mass is 10.1. The van der Waals surface area contributed by atoms with Crippen LogP contribution in [0.4, 0.5) is 18.9 Å². The first-order valence-corrected chi connectivity index (χ1v) is 11.5. The molecule has 0 spiro atoms. The Morgan fingerprint density at radius 2 is 1.97 bits per heavy atom. The second-order valence-electron chi connectivity index (χ2n) is 7.88. The minimum atomic E-state index is -4.63. The van der Waals surface area contributed by atoms with Crippen molar-refractivity contribution in [1.82, 2.24) is 10.3 Å². The number of carbonyl (C=O) groups is 1. The molecule has 36 heavy (non-hydrogen) atoms. The molecule has 2 heterocycles. The molecule has 4 rings (SSSR count). The van der Waals surface area contributed by atoms with Crippen LogP contribution in [0, 0.1) is 0 Å². The van der Waals surface area contributed by atoms with Crippen LogP contribution in [-0.2, 0) is 11.0 Å². The van der Waals surface area contributed by atoms with E-state index < -0.39 is 22.7 Å². The zero-order chi connectivity index (χ0) is 25.7. The van der Waals surface area contributed by atoms with Crippen LogP contribution in [0.5, 0.6) is 11.5 Å². The van der Waals surface area contributed by atoms with Gasteiger partial charge in [-0.2, -0.15) is 13.2 Å². The largest absolute Gasteiger partial charge is 0.457 e. The van der Waals surface area contributed by atoms with Gasteiger partial charge in [-0.1, -0.05) is 30.7 Å². The summed E-state index contributed by atoms with van der Waals surface area (Å²) in [5.41, 5.74) is 0.753. The van der Waals surface area contributed by atoms with Crippen molar-refractivity contribution >= 4 is 35.1 Å². The van der Waals surface area contributed by atoms with Gasteiger partial charge in [-0.3, -0.25) is 14.8 Å². The Bertz CT molecular complexity index is 1340. The average Bonchev–Trinajstić information content (AvgIpc) is 3.38. The van der Waals surface area contributed by atoms with E-state index in [1.165, 1.54) is 6.07 Å². The number of aromatic nitrogens is 1. The van der Waals surface area contributed by atoms with E-state index >= 15 is 0 Å². The zero-order valence-corrected chi connectivity index (χ0v) is 20.0. The summed E-state index contributed by atoms with van der Waals surface area (Å²) < 4.78 is 45.4. The molecule has 1 aliphatic rings. The highest BCUT2D eigenvalue weighted by atomic mass is 35.5. The van der Waals surface area contributed by atoms with Crippen LogP contribution in [0.15, 0.2) is 71.4 Å². The van der Waals surface area contributed by atoms with Crippen molar-refractivity contribution in [1.29, 1.82) is 0 Å². The Labute approximate surface area is 210 Å². The number of aliphatic imine (C=N–C) groups is 1. The van der Waals surface area contributed by atoms with Crippen LogP contribution < -0.4 is 15.4 Å². The number of hydrogen-bond donors (Lipinski definition) is 2. The second kappa shape index (κ2) is 10.8. The van der Waals surface area contributed by atoms with Crippen molar-refractivity contribution in [2.24, 2.45) is 4.99 Å². The Hall–Kier alpha value is -3.85. The van der Waals surface area contributed by atoms with Gasteiger partial charge in [0.2, 0.25) is 0 Å². The summed E-state index contributed by atoms with van der Waals surface area (Å²) in [4.78, 5) is 21.5. The molecule has 2 N–H and O–H groups in total. The third-order valence-corrected chi connectivity index (χ3v) is 5.61. The first-order valence-electron chi connectivity index (χ1n) is 11.1.